The summed E-state index contributed by atoms with van der Waals surface area (Å²) in [5.74, 6) is 0.490. The lowest BCUT2D eigenvalue weighted by Gasteiger charge is -2.34. The molecule has 4 heteroatoms. The minimum absolute atomic E-state index is 0.0895. The molecular weight excluding hydrogens is 240 g/mol. The minimum Gasteiger partial charge on any atom is -0.376 e. The average molecular weight is 268 g/mol. The molecule has 0 aromatic carbocycles. The first-order valence-corrected chi connectivity index (χ1v) is 7.71. The number of carbonyl (C=O) groups excluding carboxylic acids is 1. The Morgan fingerprint density at radius 3 is 2.37 bits per heavy atom. The molecule has 2 amide bonds. The van der Waals surface area contributed by atoms with Crippen molar-refractivity contribution in [3.05, 3.63) is 0 Å². The predicted octanol–water partition coefficient (Wildman–Crippen LogP) is 2.77. The lowest BCUT2D eigenvalue weighted by molar-refractivity contribution is 0.0804. The first-order valence-electron chi connectivity index (χ1n) is 7.71. The number of urea groups is 1. The van der Waals surface area contributed by atoms with Crippen LogP contribution in [0.25, 0.3) is 0 Å². The lowest BCUT2D eigenvalue weighted by Crippen LogP contribution is -2.52. The number of rotatable bonds is 5. The second-order valence-corrected chi connectivity index (χ2v) is 6.41. The zero-order valence-corrected chi connectivity index (χ0v) is 12.7. The Balaban J connectivity index is 1.91. The van der Waals surface area contributed by atoms with Gasteiger partial charge in [0, 0.05) is 18.7 Å². The molecule has 0 aromatic rings. The van der Waals surface area contributed by atoms with Gasteiger partial charge in [-0.3, -0.25) is 0 Å². The van der Waals surface area contributed by atoms with Gasteiger partial charge in [0.1, 0.15) is 0 Å². The Bertz CT molecular complexity index is 309. The second-order valence-electron chi connectivity index (χ2n) is 6.41. The van der Waals surface area contributed by atoms with E-state index in [1.54, 1.807) is 0 Å². The normalized spacial score (nSPS) is 26.3. The quantitative estimate of drug-likeness (QED) is 0.833. The summed E-state index contributed by atoms with van der Waals surface area (Å²) in [4.78, 5) is 14.5. The van der Waals surface area contributed by atoms with E-state index in [0.717, 1.165) is 32.3 Å². The molecule has 1 aliphatic carbocycles. The summed E-state index contributed by atoms with van der Waals surface area (Å²) in [5.41, 5.74) is 0. The van der Waals surface area contributed by atoms with Gasteiger partial charge in [-0.2, -0.15) is 0 Å². The summed E-state index contributed by atoms with van der Waals surface area (Å²) < 4.78 is 5.65. The smallest absolute Gasteiger partial charge is 0.318 e. The van der Waals surface area contributed by atoms with Gasteiger partial charge in [-0.15, -0.1) is 0 Å². The molecule has 1 heterocycles. The third-order valence-electron chi connectivity index (χ3n) is 4.45. The van der Waals surface area contributed by atoms with Crippen molar-refractivity contribution in [1.29, 1.82) is 0 Å². The lowest BCUT2D eigenvalue weighted by atomic mass is 10.0. The maximum absolute atomic E-state index is 12.5. The van der Waals surface area contributed by atoms with E-state index >= 15 is 0 Å². The molecule has 1 N–H and O–H groups in total. The van der Waals surface area contributed by atoms with Crippen LogP contribution in [-0.4, -0.2) is 41.8 Å². The minimum atomic E-state index is 0.0895. The van der Waals surface area contributed by atoms with E-state index in [9.17, 15) is 4.79 Å². The van der Waals surface area contributed by atoms with Crippen molar-refractivity contribution < 1.29 is 9.53 Å². The third-order valence-corrected chi connectivity index (χ3v) is 4.45. The fraction of sp³-hybridized carbons (Fsp3) is 0.933. The highest BCUT2D eigenvalue weighted by Crippen LogP contribution is 2.30. The number of nitrogens with zero attached hydrogens (tertiary/aromatic N) is 1. The molecule has 19 heavy (non-hydrogen) atoms. The van der Waals surface area contributed by atoms with Crippen molar-refractivity contribution in [1.82, 2.24) is 10.2 Å². The molecule has 0 radical (unpaired) electrons. The van der Waals surface area contributed by atoms with Gasteiger partial charge in [0.2, 0.25) is 0 Å². The zero-order chi connectivity index (χ0) is 14.0. The number of ether oxygens (including phenoxy) is 1. The van der Waals surface area contributed by atoms with Crippen molar-refractivity contribution in [2.75, 3.05) is 6.61 Å². The highest BCUT2D eigenvalue weighted by atomic mass is 16.5. The fourth-order valence-electron chi connectivity index (χ4n) is 2.72. The van der Waals surface area contributed by atoms with E-state index in [1.807, 2.05) is 0 Å². The maximum Gasteiger partial charge on any atom is 0.318 e. The Hall–Kier alpha value is -0.770. The van der Waals surface area contributed by atoms with E-state index in [0.29, 0.717) is 18.0 Å². The third kappa shape index (κ3) is 3.62. The van der Waals surface area contributed by atoms with E-state index < -0.39 is 0 Å². The van der Waals surface area contributed by atoms with Crippen LogP contribution in [0.2, 0.25) is 0 Å². The van der Waals surface area contributed by atoms with Crippen LogP contribution >= 0.6 is 0 Å². The molecule has 0 unspecified atom stereocenters. The summed E-state index contributed by atoms with van der Waals surface area (Å²) in [7, 11) is 0. The Morgan fingerprint density at radius 2 is 1.89 bits per heavy atom. The predicted molar refractivity (Wildman–Crippen MR) is 76.1 cm³/mol. The van der Waals surface area contributed by atoms with Crippen LogP contribution in [0.3, 0.4) is 0 Å². The van der Waals surface area contributed by atoms with Crippen molar-refractivity contribution in [2.45, 2.75) is 77.6 Å². The molecule has 1 saturated carbocycles. The van der Waals surface area contributed by atoms with Gasteiger partial charge in [-0.25, -0.2) is 4.79 Å². The second kappa shape index (κ2) is 6.12. The van der Waals surface area contributed by atoms with E-state index in [-0.39, 0.29) is 18.2 Å². The van der Waals surface area contributed by atoms with Gasteiger partial charge >= 0.3 is 6.03 Å². The summed E-state index contributed by atoms with van der Waals surface area (Å²) in [6, 6.07) is 0.945. The van der Waals surface area contributed by atoms with Crippen LogP contribution in [0, 0.1) is 5.92 Å². The summed E-state index contributed by atoms with van der Waals surface area (Å²) in [6.07, 6.45) is 4.67. The van der Waals surface area contributed by atoms with Crippen LogP contribution in [0.5, 0.6) is 0 Å². The molecular formula is C15H28N2O2. The van der Waals surface area contributed by atoms with E-state index in [2.05, 4.69) is 37.9 Å². The fourth-order valence-corrected chi connectivity index (χ4v) is 2.72. The largest absolute Gasteiger partial charge is 0.376 e. The van der Waals surface area contributed by atoms with Crippen LogP contribution in [0.1, 0.15) is 53.4 Å². The molecule has 4 nitrogen and oxygen atoms in total. The molecule has 1 saturated heterocycles. The van der Waals surface area contributed by atoms with Crippen LogP contribution in [-0.2, 0) is 4.74 Å². The molecule has 1 aliphatic heterocycles. The van der Waals surface area contributed by atoms with Crippen molar-refractivity contribution in [2.24, 2.45) is 5.92 Å². The molecule has 110 valence electrons. The van der Waals surface area contributed by atoms with Crippen LogP contribution in [0.4, 0.5) is 4.79 Å². The van der Waals surface area contributed by atoms with Crippen molar-refractivity contribution >= 4 is 6.03 Å². The molecule has 2 rings (SSSR count). The summed E-state index contributed by atoms with van der Waals surface area (Å²) in [5, 5.41) is 3.14. The van der Waals surface area contributed by atoms with Crippen LogP contribution in [0.15, 0.2) is 0 Å². The van der Waals surface area contributed by atoms with Gasteiger partial charge in [-0.1, -0.05) is 13.8 Å². The van der Waals surface area contributed by atoms with Gasteiger partial charge in [0.15, 0.2) is 0 Å². The summed E-state index contributed by atoms with van der Waals surface area (Å²) in [6.45, 7) is 9.39. The van der Waals surface area contributed by atoms with Gasteiger partial charge in [0.25, 0.3) is 0 Å². The molecule has 2 fully saturated rings. The van der Waals surface area contributed by atoms with Gasteiger partial charge < -0.3 is 15.0 Å². The average Bonchev–Trinajstić information content (AvgIpc) is 3.02. The standard InChI is InChI=1S/C15H28N2O2/c1-10(2)12(4)17(13-7-8-13)15(18)16-11(3)14-6-5-9-19-14/h10-14H,5-9H2,1-4H3,(H,16,18)/t11-,12+,14-/m1/s1. The van der Waals surface area contributed by atoms with Crippen LogP contribution < -0.4 is 5.32 Å². The number of carbonyl (C=O) groups is 1. The summed E-state index contributed by atoms with van der Waals surface area (Å²) >= 11 is 0. The topological polar surface area (TPSA) is 41.6 Å². The maximum atomic E-state index is 12.5. The monoisotopic (exact) mass is 268 g/mol. The van der Waals surface area contributed by atoms with E-state index in [1.165, 1.54) is 0 Å². The number of hydrogen-bond acceptors (Lipinski definition) is 2. The molecule has 0 spiro atoms. The Labute approximate surface area is 116 Å². The van der Waals surface area contributed by atoms with Crippen molar-refractivity contribution in [3.63, 3.8) is 0 Å². The first-order chi connectivity index (χ1) is 9.00. The zero-order valence-electron chi connectivity index (χ0n) is 12.7. The highest BCUT2D eigenvalue weighted by Gasteiger charge is 2.37. The number of amides is 2. The highest BCUT2D eigenvalue weighted by molar-refractivity contribution is 5.75. The SMILES string of the molecule is CC(C)[C@H](C)N(C(=O)N[C@H](C)[C@H]1CCCO1)C1CC1. The Kier molecular flexibility index (Phi) is 4.71. The van der Waals surface area contributed by atoms with Gasteiger partial charge in [-0.05, 0) is 45.4 Å². The molecule has 0 bridgehead atoms. The van der Waals surface area contributed by atoms with E-state index in [4.69, 9.17) is 4.74 Å². The molecule has 3 atom stereocenters. The van der Waals surface area contributed by atoms with Gasteiger partial charge in [0.05, 0.1) is 12.1 Å². The van der Waals surface area contributed by atoms with Crippen molar-refractivity contribution in [3.8, 4) is 0 Å². The number of nitrogens with one attached hydrogen (secondary N) is 1. The number of hydrogen-bond donors (Lipinski definition) is 1. The first kappa shape index (κ1) is 14.6. The molecule has 2 aliphatic rings. The Morgan fingerprint density at radius 1 is 1.21 bits per heavy atom. The molecule has 0 aromatic heterocycles.